The van der Waals surface area contributed by atoms with Crippen LogP contribution in [0.25, 0.3) is 11.4 Å². The number of hydrogen-bond donors (Lipinski definition) is 2. The van der Waals surface area contributed by atoms with Gasteiger partial charge in [0.1, 0.15) is 0 Å². The zero-order valence-corrected chi connectivity index (χ0v) is 12.5. The van der Waals surface area contributed by atoms with Gasteiger partial charge in [-0.2, -0.15) is 0 Å². The van der Waals surface area contributed by atoms with Crippen LogP contribution >= 0.6 is 35.0 Å². The number of carbonyl (C=O) groups is 1. The van der Waals surface area contributed by atoms with Gasteiger partial charge >= 0.3 is 0 Å². The van der Waals surface area contributed by atoms with Gasteiger partial charge in [0.15, 0.2) is 5.82 Å². The fourth-order valence-electron chi connectivity index (χ4n) is 1.93. The Labute approximate surface area is 129 Å². The number of H-pyrrole nitrogens is 1. The molecule has 3 rings (SSSR count). The molecule has 2 aromatic rings. The van der Waals surface area contributed by atoms with E-state index in [0.29, 0.717) is 27.6 Å². The van der Waals surface area contributed by atoms with Gasteiger partial charge in [-0.3, -0.25) is 9.89 Å². The van der Waals surface area contributed by atoms with E-state index in [1.54, 1.807) is 18.2 Å². The molecule has 1 aromatic carbocycles. The Balaban J connectivity index is 1.81. The first kappa shape index (κ1) is 13.7. The smallest absolute Gasteiger partial charge is 0.233 e. The van der Waals surface area contributed by atoms with Crippen LogP contribution < -0.4 is 5.32 Å². The molecule has 0 spiro atoms. The minimum Gasteiger partial charge on any atom is -0.355 e. The first-order valence-electron chi connectivity index (χ1n) is 5.95. The zero-order chi connectivity index (χ0) is 14.1. The van der Waals surface area contributed by atoms with Crippen LogP contribution in [-0.2, 0) is 4.79 Å². The van der Waals surface area contributed by atoms with E-state index in [1.165, 1.54) is 11.8 Å². The van der Waals surface area contributed by atoms with E-state index in [9.17, 15) is 4.79 Å². The predicted octanol–water partition coefficient (Wildman–Crippen LogP) is 2.76. The van der Waals surface area contributed by atoms with E-state index in [1.807, 2.05) is 0 Å². The molecule has 104 valence electrons. The molecule has 1 aromatic heterocycles. The van der Waals surface area contributed by atoms with Gasteiger partial charge in [-0.05, 0) is 24.6 Å². The van der Waals surface area contributed by atoms with Crippen LogP contribution in [0.3, 0.4) is 0 Å². The van der Waals surface area contributed by atoms with Gasteiger partial charge in [-0.25, -0.2) is 4.98 Å². The Hall–Kier alpha value is -1.24. The van der Waals surface area contributed by atoms with Crippen LogP contribution in [0.15, 0.2) is 23.4 Å². The molecule has 0 unspecified atom stereocenters. The molecule has 1 aliphatic rings. The Morgan fingerprint density at radius 1 is 1.25 bits per heavy atom. The van der Waals surface area contributed by atoms with Crippen molar-refractivity contribution in [3.63, 3.8) is 0 Å². The number of amides is 1. The molecule has 2 N–H and O–H groups in total. The van der Waals surface area contributed by atoms with E-state index < -0.39 is 0 Å². The summed E-state index contributed by atoms with van der Waals surface area (Å²) in [5, 5.41) is 11.2. The third kappa shape index (κ3) is 2.92. The molecule has 0 saturated carbocycles. The summed E-state index contributed by atoms with van der Waals surface area (Å²) in [5.74, 6) is 0.613. The largest absolute Gasteiger partial charge is 0.355 e. The molecule has 1 atom stereocenters. The van der Waals surface area contributed by atoms with Crippen LogP contribution in [0.4, 0.5) is 0 Å². The fraction of sp³-hybridized carbons (Fsp3) is 0.250. The minimum absolute atomic E-state index is 0.0344. The molecule has 2 heterocycles. The molecule has 8 heteroatoms. The SMILES string of the molecule is O=C1NCC[C@@H]1Sc1n[nH]c(-c2cc(Cl)cc(Cl)c2)n1. The number of nitrogens with zero attached hydrogens (tertiary/aromatic N) is 2. The van der Waals surface area contributed by atoms with E-state index >= 15 is 0 Å². The van der Waals surface area contributed by atoms with Crippen LogP contribution in [0.2, 0.25) is 10.0 Å². The minimum atomic E-state index is -0.124. The van der Waals surface area contributed by atoms with Gasteiger partial charge in [0, 0.05) is 22.2 Å². The predicted molar refractivity (Wildman–Crippen MR) is 79.1 cm³/mol. The van der Waals surface area contributed by atoms with Crippen molar-refractivity contribution in [2.75, 3.05) is 6.54 Å². The second-order valence-electron chi connectivity index (χ2n) is 4.31. The molecular formula is C12H10Cl2N4OS. The van der Waals surface area contributed by atoms with Crippen LogP contribution in [-0.4, -0.2) is 32.9 Å². The average Bonchev–Trinajstić information content (AvgIpc) is 2.99. The number of hydrogen-bond acceptors (Lipinski definition) is 4. The van der Waals surface area contributed by atoms with E-state index in [-0.39, 0.29) is 11.2 Å². The summed E-state index contributed by atoms with van der Waals surface area (Å²) in [7, 11) is 0. The van der Waals surface area contributed by atoms with Gasteiger partial charge in [-0.1, -0.05) is 35.0 Å². The normalized spacial score (nSPS) is 18.3. The Morgan fingerprint density at radius 2 is 2.00 bits per heavy atom. The van der Waals surface area contributed by atoms with Crippen molar-refractivity contribution in [1.82, 2.24) is 20.5 Å². The zero-order valence-electron chi connectivity index (χ0n) is 10.2. The van der Waals surface area contributed by atoms with Crippen LogP contribution in [0.1, 0.15) is 6.42 Å². The number of halogens is 2. The lowest BCUT2D eigenvalue weighted by Crippen LogP contribution is -2.20. The number of thioether (sulfide) groups is 1. The van der Waals surface area contributed by atoms with Crippen molar-refractivity contribution in [3.8, 4) is 11.4 Å². The maximum absolute atomic E-state index is 11.5. The summed E-state index contributed by atoms with van der Waals surface area (Å²) in [4.78, 5) is 15.9. The second kappa shape index (κ2) is 5.63. The topological polar surface area (TPSA) is 70.7 Å². The van der Waals surface area contributed by atoms with Gasteiger partial charge in [0.05, 0.1) is 5.25 Å². The van der Waals surface area contributed by atoms with E-state index in [2.05, 4.69) is 20.5 Å². The highest BCUT2D eigenvalue weighted by molar-refractivity contribution is 8.00. The Bertz CT molecular complexity index is 640. The molecule has 0 bridgehead atoms. The molecule has 1 amide bonds. The molecule has 20 heavy (non-hydrogen) atoms. The molecule has 1 aliphatic heterocycles. The van der Waals surface area contributed by atoms with Crippen LogP contribution in [0, 0.1) is 0 Å². The lowest BCUT2D eigenvalue weighted by atomic mass is 10.2. The molecule has 1 fully saturated rings. The summed E-state index contributed by atoms with van der Waals surface area (Å²) in [6, 6.07) is 5.16. The van der Waals surface area contributed by atoms with Crippen molar-refractivity contribution in [3.05, 3.63) is 28.2 Å². The van der Waals surface area contributed by atoms with Gasteiger partial charge in [-0.15, -0.1) is 5.10 Å². The monoisotopic (exact) mass is 328 g/mol. The lowest BCUT2D eigenvalue weighted by Gasteiger charge is -2.01. The summed E-state index contributed by atoms with van der Waals surface area (Å²) in [6.45, 7) is 0.706. The summed E-state index contributed by atoms with van der Waals surface area (Å²) < 4.78 is 0. The molecule has 5 nitrogen and oxygen atoms in total. The quantitative estimate of drug-likeness (QED) is 0.908. The standard InChI is InChI=1S/C12H10Cl2N4OS/c13-7-3-6(4-8(14)5-7)10-16-12(18-17-10)20-9-1-2-15-11(9)19/h3-5,9H,1-2H2,(H,15,19)(H,16,17,18)/t9-/m0/s1. The number of carbonyl (C=O) groups excluding carboxylic acids is 1. The fourth-order valence-corrected chi connectivity index (χ4v) is 3.38. The number of nitrogens with one attached hydrogen (secondary N) is 2. The Morgan fingerprint density at radius 3 is 2.65 bits per heavy atom. The third-order valence-electron chi connectivity index (χ3n) is 2.85. The van der Waals surface area contributed by atoms with Gasteiger partial charge in [0.2, 0.25) is 11.1 Å². The highest BCUT2D eigenvalue weighted by Crippen LogP contribution is 2.28. The summed E-state index contributed by atoms with van der Waals surface area (Å²) in [5.41, 5.74) is 0.762. The number of benzene rings is 1. The van der Waals surface area contributed by atoms with Gasteiger partial charge in [0.25, 0.3) is 0 Å². The maximum Gasteiger partial charge on any atom is 0.233 e. The summed E-state index contributed by atoms with van der Waals surface area (Å²) >= 11 is 13.3. The van der Waals surface area contributed by atoms with E-state index in [4.69, 9.17) is 23.2 Å². The van der Waals surface area contributed by atoms with E-state index in [0.717, 1.165) is 12.0 Å². The van der Waals surface area contributed by atoms with Crippen molar-refractivity contribution >= 4 is 40.9 Å². The summed E-state index contributed by atoms with van der Waals surface area (Å²) in [6.07, 6.45) is 0.788. The lowest BCUT2D eigenvalue weighted by molar-refractivity contribution is -0.118. The first-order chi connectivity index (χ1) is 9.61. The second-order valence-corrected chi connectivity index (χ2v) is 6.35. The van der Waals surface area contributed by atoms with Crippen molar-refractivity contribution in [1.29, 1.82) is 0 Å². The maximum atomic E-state index is 11.5. The highest BCUT2D eigenvalue weighted by atomic mass is 35.5. The molecule has 0 aliphatic carbocycles. The average molecular weight is 329 g/mol. The first-order valence-corrected chi connectivity index (χ1v) is 7.58. The number of aromatic amines is 1. The number of rotatable bonds is 3. The van der Waals surface area contributed by atoms with Crippen molar-refractivity contribution in [2.24, 2.45) is 0 Å². The van der Waals surface area contributed by atoms with Crippen molar-refractivity contribution < 1.29 is 4.79 Å². The van der Waals surface area contributed by atoms with Crippen molar-refractivity contribution in [2.45, 2.75) is 16.8 Å². The molecule has 0 radical (unpaired) electrons. The number of aromatic nitrogens is 3. The molecule has 1 saturated heterocycles. The van der Waals surface area contributed by atoms with Gasteiger partial charge < -0.3 is 5.32 Å². The Kier molecular flexibility index (Phi) is 3.87. The highest BCUT2D eigenvalue weighted by Gasteiger charge is 2.26. The molecular weight excluding hydrogens is 319 g/mol. The third-order valence-corrected chi connectivity index (χ3v) is 4.41. The van der Waals surface area contributed by atoms with Crippen LogP contribution in [0.5, 0.6) is 0 Å².